The van der Waals surface area contributed by atoms with E-state index in [-0.39, 0.29) is 23.1 Å². The van der Waals surface area contributed by atoms with Crippen LogP contribution in [0.4, 0.5) is 0 Å². The Balaban J connectivity index is 1.57. The second-order valence-corrected chi connectivity index (χ2v) is 8.60. The van der Waals surface area contributed by atoms with Crippen LogP contribution >= 0.6 is 0 Å². The van der Waals surface area contributed by atoms with Gasteiger partial charge < -0.3 is 10.1 Å². The molecule has 7 nitrogen and oxygen atoms in total. The second-order valence-electron chi connectivity index (χ2n) is 6.66. The number of nitrogens with zero attached hydrogens (tertiary/aromatic N) is 1. The Hall–Kier alpha value is -2.99. The number of morpholine rings is 1. The standard InChI is InChI=1S/C22H22N2O5S/c1-17(25)19-6-4-18(5-7-19)3-2-12-23-22(26)20-8-10-21(11-9-20)30(27,28)24-13-15-29-16-14-24/h4-11H,12-16H2,1H3,(H,23,26). The third-order valence-electron chi connectivity index (χ3n) is 4.59. The van der Waals surface area contributed by atoms with Crippen LogP contribution in [0.5, 0.6) is 0 Å². The van der Waals surface area contributed by atoms with Crippen molar-refractivity contribution in [2.24, 2.45) is 0 Å². The molecule has 0 aliphatic carbocycles. The van der Waals surface area contributed by atoms with Crippen LogP contribution in [0.25, 0.3) is 0 Å². The average Bonchev–Trinajstić information content (AvgIpc) is 2.77. The minimum absolute atomic E-state index is 0.00876. The molecule has 1 fully saturated rings. The predicted molar refractivity (Wildman–Crippen MR) is 112 cm³/mol. The fraction of sp³-hybridized carbons (Fsp3) is 0.273. The number of carbonyl (C=O) groups is 2. The van der Waals surface area contributed by atoms with Crippen LogP contribution < -0.4 is 5.32 Å². The van der Waals surface area contributed by atoms with Crippen molar-refractivity contribution in [2.45, 2.75) is 11.8 Å². The normalized spacial score (nSPS) is 14.4. The number of ketones is 1. The summed E-state index contributed by atoms with van der Waals surface area (Å²) in [6.45, 7) is 3.03. The van der Waals surface area contributed by atoms with Crippen LogP contribution in [0.3, 0.4) is 0 Å². The van der Waals surface area contributed by atoms with Crippen molar-refractivity contribution in [3.63, 3.8) is 0 Å². The van der Waals surface area contributed by atoms with Crippen molar-refractivity contribution in [1.82, 2.24) is 9.62 Å². The molecule has 2 aromatic rings. The molecule has 1 heterocycles. The molecule has 0 saturated carbocycles. The molecule has 30 heavy (non-hydrogen) atoms. The lowest BCUT2D eigenvalue weighted by Crippen LogP contribution is -2.40. The van der Waals surface area contributed by atoms with Crippen molar-refractivity contribution in [2.75, 3.05) is 32.8 Å². The Morgan fingerprint density at radius 3 is 2.20 bits per heavy atom. The van der Waals surface area contributed by atoms with Gasteiger partial charge in [-0.3, -0.25) is 9.59 Å². The number of rotatable bonds is 5. The first-order valence-corrected chi connectivity index (χ1v) is 10.9. The molecule has 0 aromatic heterocycles. The van der Waals surface area contributed by atoms with Crippen LogP contribution in [0.15, 0.2) is 53.4 Å². The van der Waals surface area contributed by atoms with Gasteiger partial charge in [0, 0.05) is 29.8 Å². The van der Waals surface area contributed by atoms with Crippen molar-refractivity contribution >= 4 is 21.7 Å². The van der Waals surface area contributed by atoms with Gasteiger partial charge >= 0.3 is 0 Å². The first-order valence-electron chi connectivity index (χ1n) is 9.44. The van der Waals surface area contributed by atoms with E-state index in [0.717, 1.165) is 5.56 Å². The highest BCUT2D eigenvalue weighted by molar-refractivity contribution is 7.89. The van der Waals surface area contributed by atoms with E-state index in [0.29, 0.717) is 37.4 Å². The molecule has 0 bridgehead atoms. The number of nitrogens with one attached hydrogen (secondary N) is 1. The third-order valence-corrected chi connectivity index (χ3v) is 6.50. The zero-order chi connectivity index (χ0) is 21.6. The van der Waals surface area contributed by atoms with E-state index in [2.05, 4.69) is 17.2 Å². The van der Waals surface area contributed by atoms with E-state index in [1.54, 1.807) is 24.3 Å². The highest BCUT2D eigenvalue weighted by Crippen LogP contribution is 2.17. The van der Waals surface area contributed by atoms with Crippen LogP contribution in [0, 0.1) is 11.8 Å². The Labute approximate surface area is 176 Å². The number of hydrogen-bond acceptors (Lipinski definition) is 5. The molecule has 1 amide bonds. The van der Waals surface area contributed by atoms with E-state index in [4.69, 9.17) is 4.74 Å². The van der Waals surface area contributed by atoms with Crippen molar-refractivity contribution < 1.29 is 22.7 Å². The Morgan fingerprint density at radius 2 is 1.60 bits per heavy atom. The first kappa shape index (κ1) is 21.7. The summed E-state index contributed by atoms with van der Waals surface area (Å²) in [5, 5.41) is 2.68. The predicted octanol–water partition coefficient (Wildman–Crippen LogP) is 1.69. The molecular formula is C22H22N2O5S. The van der Waals surface area contributed by atoms with Gasteiger partial charge in [-0.15, -0.1) is 0 Å². The lowest BCUT2D eigenvalue weighted by molar-refractivity contribution is 0.0730. The van der Waals surface area contributed by atoms with Crippen molar-refractivity contribution in [3.8, 4) is 11.8 Å². The van der Waals surface area contributed by atoms with E-state index >= 15 is 0 Å². The molecule has 1 saturated heterocycles. The number of carbonyl (C=O) groups excluding carboxylic acids is 2. The number of hydrogen-bond donors (Lipinski definition) is 1. The van der Waals surface area contributed by atoms with Gasteiger partial charge in [-0.1, -0.05) is 24.0 Å². The van der Waals surface area contributed by atoms with E-state index < -0.39 is 10.0 Å². The summed E-state index contributed by atoms with van der Waals surface area (Å²) in [4.78, 5) is 23.7. The van der Waals surface area contributed by atoms with Crippen LogP contribution in [0.1, 0.15) is 33.2 Å². The zero-order valence-corrected chi connectivity index (χ0v) is 17.4. The van der Waals surface area contributed by atoms with Gasteiger partial charge in [-0.25, -0.2) is 8.42 Å². The monoisotopic (exact) mass is 426 g/mol. The molecule has 0 radical (unpaired) electrons. The molecule has 1 aliphatic heterocycles. The second kappa shape index (κ2) is 9.67. The van der Waals surface area contributed by atoms with Gasteiger partial charge in [0.25, 0.3) is 5.91 Å². The van der Waals surface area contributed by atoms with Gasteiger partial charge in [0.05, 0.1) is 24.7 Å². The summed E-state index contributed by atoms with van der Waals surface area (Å²) >= 11 is 0. The molecular weight excluding hydrogens is 404 g/mol. The van der Waals surface area contributed by atoms with Gasteiger partial charge in [0.15, 0.2) is 5.78 Å². The summed E-state index contributed by atoms with van der Waals surface area (Å²) in [5.74, 6) is 5.41. The fourth-order valence-corrected chi connectivity index (χ4v) is 4.28. The summed E-state index contributed by atoms with van der Waals surface area (Å²) < 4.78 is 31.8. The van der Waals surface area contributed by atoms with Gasteiger partial charge in [0.1, 0.15) is 0 Å². The van der Waals surface area contributed by atoms with E-state index in [1.165, 1.54) is 35.5 Å². The maximum Gasteiger partial charge on any atom is 0.252 e. The van der Waals surface area contributed by atoms with Crippen molar-refractivity contribution in [3.05, 3.63) is 65.2 Å². The molecule has 156 valence electrons. The van der Waals surface area contributed by atoms with Crippen molar-refractivity contribution in [1.29, 1.82) is 0 Å². The molecule has 1 N–H and O–H groups in total. The molecule has 1 aliphatic rings. The number of Topliss-reactive ketones (excluding diaryl/α,β-unsaturated/α-hetero) is 1. The quantitative estimate of drug-likeness (QED) is 0.580. The number of sulfonamides is 1. The number of ether oxygens (including phenoxy) is 1. The smallest absolute Gasteiger partial charge is 0.252 e. The largest absolute Gasteiger partial charge is 0.379 e. The molecule has 3 rings (SSSR count). The molecule has 2 aromatic carbocycles. The zero-order valence-electron chi connectivity index (χ0n) is 16.6. The third kappa shape index (κ3) is 5.33. The maximum absolute atomic E-state index is 12.6. The van der Waals surface area contributed by atoms with Crippen LogP contribution in [-0.4, -0.2) is 57.3 Å². The van der Waals surface area contributed by atoms with Gasteiger partial charge in [-0.05, 0) is 43.3 Å². The molecule has 8 heteroatoms. The Bertz CT molecular complexity index is 1080. The highest BCUT2D eigenvalue weighted by atomic mass is 32.2. The SMILES string of the molecule is CC(=O)c1ccc(C#CCNC(=O)c2ccc(S(=O)(=O)N3CCOCC3)cc2)cc1. The topological polar surface area (TPSA) is 92.8 Å². The minimum Gasteiger partial charge on any atom is -0.379 e. The summed E-state index contributed by atoms with van der Waals surface area (Å²) in [5.41, 5.74) is 1.71. The molecule has 0 atom stereocenters. The highest BCUT2D eigenvalue weighted by Gasteiger charge is 2.26. The molecule has 0 spiro atoms. The minimum atomic E-state index is -3.59. The number of amides is 1. The number of benzene rings is 2. The summed E-state index contributed by atoms with van der Waals surface area (Å²) in [6, 6.07) is 12.7. The molecule has 0 unspecified atom stereocenters. The average molecular weight is 426 g/mol. The lowest BCUT2D eigenvalue weighted by Gasteiger charge is -2.26. The maximum atomic E-state index is 12.6. The summed E-state index contributed by atoms with van der Waals surface area (Å²) in [6.07, 6.45) is 0. The van der Waals surface area contributed by atoms with Gasteiger partial charge in [-0.2, -0.15) is 4.31 Å². The van der Waals surface area contributed by atoms with E-state index in [1.807, 2.05) is 0 Å². The van der Waals surface area contributed by atoms with Crippen LogP contribution in [0.2, 0.25) is 0 Å². The first-order chi connectivity index (χ1) is 14.4. The lowest BCUT2D eigenvalue weighted by atomic mass is 10.1. The fourth-order valence-electron chi connectivity index (χ4n) is 2.88. The Morgan fingerprint density at radius 1 is 1.00 bits per heavy atom. The van der Waals surface area contributed by atoms with Gasteiger partial charge in [0.2, 0.25) is 10.0 Å². The Kier molecular flexibility index (Phi) is 7.00. The van der Waals surface area contributed by atoms with Crippen LogP contribution in [-0.2, 0) is 14.8 Å². The van der Waals surface area contributed by atoms with E-state index in [9.17, 15) is 18.0 Å². The summed E-state index contributed by atoms with van der Waals surface area (Å²) in [7, 11) is -3.59.